The van der Waals surface area contributed by atoms with E-state index in [2.05, 4.69) is 119 Å². The van der Waals surface area contributed by atoms with Crippen LogP contribution in [0.3, 0.4) is 0 Å². The molecule has 0 fully saturated rings. The predicted molar refractivity (Wildman–Crippen MR) is 213 cm³/mol. The molecule has 257 valence electrons. The summed E-state index contributed by atoms with van der Waals surface area (Å²) >= 11 is 0. The summed E-state index contributed by atoms with van der Waals surface area (Å²) in [5.41, 5.74) is 6.74. The van der Waals surface area contributed by atoms with Crippen molar-refractivity contribution < 1.29 is 27.3 Å². The van der Waals surface area contributed by atoms with Crippen molar-refractivity contribution in [3.05, 3.63) is 170 Å². The minimum atomic E-state index is -1.38. The second-order valence-electron chi connectivity index (χ2n) is 14.1. The Morgan fingerprint density at radius 1 is 0.808 bits per heavy atom. The van der Waals surface area contributed by atoms with E-state index in [0.29, 0.717) is 5.56 Å². The van der Waals surface area contributed by atoms with Gasteiger partial charge in [-0.15, -0.1) is 30.4 Å². The number of fused-ring (bicyclic) bond motifs is 12. The molecule has 10 rings (SSSR count). The number of pyridine rings is 1. The van der Waals surface area contributed by atoms with E-state index in [4.69, 9.17) is 12.1 Å². The number of nitrogens with zero attached hydrogens (tertiary/aromatic N) is 3. The van der Waals surface area contributed by atoms with Crippen molar-refractivity contribution in [2.24, 2.45) is 5.41 Å². The zero-order valence-electron chi connectivity index (χ0n) is 31.1. The van der Waals surface area contributed by atoms with Crippen molar-refractivity contribution >= 4 is 71.1 Å². The van der Waals surface area contributed by atoms with Crippen molar-refractivity contribution in [1.82, 2.24) is 14.4 Å². The Bertz CT molecular complexity index is 2970. The quantitative estimate of drug-likeness (QED) is 0.163. The van der Waals surface area contributed by atoms with Crippen LogP contribution in [-0.2, 0) is 26.5 Å². The largest absolute Gasteiger partial charge is 0.500 e. The molecule has 0 aliphatic heterocycles. The zero-order chi connectivity index (χ0) is 36.3. The van der Waals surface area contributed by atoms with E-state index < -0.39 is 11.8 Å². The van der Waals surface area contributed by atoms with Gasteiger partial charge in [0.1, 0.15) is 5.58 Å². The maximum atomic E-state index is 8.33. The fourth-order valence-corrected chi connectivity index (χ4v) is 7.14. The summed E-state index contributed by atoms with van der Waals surface area (Å²) in [5, 5.41) is 7.61. The minimum absolute atomic E-state index is 0. The number of furan rings is 1. The fourth-order valence-electron chi connectivity index (χ4n) is 7.14. The van der Waals surface area contributed by atoms with Crippen LogP contribution in [0.1, 0.15) is 40.7 Å². The molecular weight excluding hydrogens is 815 g/mol. The van der Waals surface area contributed by atoms with E-state index in [9.17, 15) is 0 Å². The smallest absolute Gasteiger partial charge is 0.128 e. The molecule has 1 aliphatic rings. The van der Waals surface area contributed by atoms with Crippen LogP contribution >= 0.6 is 0 Å². The molecule has 5 heteroatoms. The van der Waals surface area contributed by atoms with Gasteiger partial charge in [-0.1, -0.05) is 92.2 Å². The number of allylic oxidation sites excluding steroid dienone is 4. The number of benzene rings is 5. The van der Waals surface area contributed by atoms with Gasteiger partial charge in [-0.25, -0.2) is 18.6 Å². The number of rotatable bonds is 2. The van der Waals surface area contributed by atoms with Gasteiger partial charge in [0.15, 0.2) is 0 Å². The van der Waals surface area contributed by atoms with Crippen LogP contribution in [0.2, 0.25) is 0 Å². The summed E-state index contributed by atoms with van der Waals surface area (Å²) in [5.74, 6) is 0.140. The number of imidazole rings is 1. The third kappa shape index (κ3) is 6.21. The van der Waals surface area contributed by atoms with Gasteiger partial charge in [0.25, 0.3) is 0 Å². The molecule has 0 amide bonds. The Labute approximate surface area is 319 Å². The van der Waals surface area contributed by atoms with Gasteiger partial charge in [-0.2, -0.15) is 0 Å². The normalized spacial score (nSPS) is 15.0. The number of hydrogen-bond acceptors (Lipinski definition) is 3. The van der Waals surface area contributed by atoms with E-state index in [-0.39, 0.29) is 26.0 Å². The Hall–Kier alpha value is -5.48. The molecule has 0 saturated carbocycles. The van der Waals surface area contributed by atoms with E-state index in [0.717, 1.165) is 71.4 Å². The molecule has 1 radical (unpaired) electrons. The second-order valence-corrected chi connectivity index (χ2v) is 14.1. The van der Waals surface area contributed by atoms with E-state index >= 15 is 0 Å². The van der Waals surface area contributed by atoms with Crippen LogP contribution in [0.4, 0.5) is 0 Å². The number of hydrogen-bond donors (Lipinski definition) is 0. The summed E-state index contributed by atoms with van der Waals surface area (Å²) in [6.45, 7) is 5.76. The molecule has 6 bridgehead atoms. The Morgan fingerprint density at radius 2 is 1.58 bits per heavy atom. The Morgan fingerprint density at radius 3 is 2.42 bits per heavy atom. The summed E-state index contributed by atoms with van der Waals surface area (Å²) in [4.78, 5) is 9.45. The molecule has 0 saturated heterocycles. The standard InChI is InChI=1S/C31H17N2O.C16H20N.Ir/c1-2-16-28-27(15-1)32-31-26-14-6-13-25-24-12-5-11-23(29(24)34-30(25)26)21-9-3-7-19(17-21)20-8-4-10-22(18-20)33(28)31;1-16(2,3)12-13-9-10-17-15(11-13)14-7-5-4-6-8-14;/h1-13,15-18H;4-11,14H,12H2,1-3H3;/q2*-1;/i;12D2;. The van der Waals surface area contributed by atoms with Gasteiger partial charge >= 0.3 is 0 Å². The monoisotopic (exact) mass is 854 g/mol. The van der Waals surface area contributed by atoms with Gasteiger partial charge in [-0.05, 0) is 81.9 Å². The molecular formula is C47H37IrN3O-2. The average Bonchev–Trinajstić information content (AvgIpc) is 3.77. The molecule has 4 nitrogen and oxygen atoms in total. The van der Waals surface area contributed by atoms with Gasteiger partial charge in [-0.3, -0.25) is 9.97 Å². The molecule has 4 heterocycles. The first kappa shape index (κ1) is 31.3. The molecule has 5 aromatic carbocycles. The number of aromatic nitrogens is 3. The van der Waals surface area contributed by atoms with Gasteiger partial charge in [0.2, 0.25) is 0 Å². The molecule has 52 heavy (non-hydrogen) atoms. The van der Waals surface area contributed by atoms with E-state index in [1.807, 2.05) is 57.2 Å². The summed E-state index contributed by atoms with van der Waals surface area (Å²) in [6, 6.07) is 43.2. The Kier molecular flexibility index (Phi) is 8.16. The van der Waals surface area contributed by atoms with Crippen molar-refractivity contribution in [1.29, 1.82) is 0 Å². The summed E-state index contributed by atoms with van der Waals surface area (Å²) in [7, 11) is 0. The van der Waals surface area contributed by atoms with E-state index in [1.54, 1.807) is 12.3 Å². The summed E-state index contributed by atoms with van der Waals surface area (Å²) < 4.78 is 25.5. The van der Waals surface area contributed by atoms with Crippen molar-refractivity contribution in [3.8, 4) is 0 Å². The van der Waals surface area contributed by atoms with Gasteiger partial charge in [0.05, 0.1) is 22.3 Å². The van der Waals surface area contributed by atoms with Crippen LogP contribution in [0.25, 0.3) is 71.1 Å². The fraction of sp³-hybridized carbons (Fsp3) is 0.128. The van der Waals surface area contributed by atoms with Crippen LogP contribution in [-0.4, -0.2) is 14.4 Å². The second kappa shape index (κ2) is 13.6. The summed E-state index contributed by atoms with van der Waals surface area (Å²) in [6.07, 6.45) is 10.4. The van der Waals surface area contributed by atoms with Crippen molar-refractivity contribution in [2.75, 3.05) is 0 Å². The molecule has 0 N–H and O–H groups in total. The first-order valence-electron chi connectivity index (χ1n) is 18.4. The SMILES string of the molecule is [2H]C([2H])(c1ccnc(C2C=CC=C[CH-]2)c1)C(C)(C)C.[Ir].[c-]1ccc2c3cccc4c5cccc(c5)c5cccc(c5)n5c6ccccc6nc5c1c2oc43. The first-order valence-corrected chi connectivity index (χ1v) is 17.4. The minimum Gasteiger partial charge on any atom is -0.500 e. The van der Waals surface area contributed by atoms with Crippen LogP contribution in [0, 0.1) is 17.9 Å². The molecule has 4 aromatic heterocycles. The van der Waals surface area contributed by atoms with Crippen molar-refractivity contribution in [3.63, 3.8) is 0 Å². The molecule has 9 aromatic rings. The van der Waals surface area contributed by atoms with E-state index in [1.165, 1.54) is 5.39 Å². The Balaban J connectivity index is 0.000000178. The maximum Gasteiger partial charge on any atom is 0.128 e. The van der Waals surface area contributed by atoms with Crippen LogP contribution in [0.5, 0.6) is 0 Å². The molecule has 1 atom stereocenters. The predicted octanol–water partition coefficient (Wildman–Crippen LogP) is 12.3. The average molecular weight is 854 g/mol. The topological polar surface area (TPSA) is 43.3 Å². The third-order valence-corrected chi connectivity index (χ3v) is 9.36. The first-order chi connectivity index (χ1) is 25.7. The maximum absolute atomic E-state index is 8.33. The van der Waals surface area contributed by atoms with Gasteiger partial charge < -0.3 is 8.82 Å². The zero-order valence-corrected chi connectivity index (χ0v) is 31.5. The number of para-hydroxylation sites is 3. The van der Waals surface area contributed by atoms with Crippen molar-refractivity contribution in [2.45, 2.75) is 33.1 Å². The van der Waals surface area contributed by atoms with Gasteiger partial charge in [0, 0.05) is 51.0 Å². The van der Waals surface area contributed by atoms with Crippen LogP contribution < -0.4 is 0 Å². The molecule has 1 unspecified atom stereocenters. The third-order valence-electron chi connectivity index (χ3n) is 9.36. The van der Waals surface area contributed by atoms with Crippen LogP contribution in [0.15, 0.2) is 150 Å². The molecule has 0 spiro atoms. The molecule has 1 aliphatic carbocycles.